The quantitative estimate of drug-likeness (QED) is 0.829. The molecule has 2 rings (SSSR count). The van der Waals surface area contributed by atoms with Crippen molar-refractivity contribution in [2.75, 3.05) is 33.8 Å². The van der Waals surface area contributed by atoms with Gasteiger partial charge in [-0.05, 0) is 52.1 Å². The van der Waals surface area contributed by atoms with Gasteiger partial charge in [-0.25, -0.2) is 0 Å². The van der Waals surface area contributed by atoms with E-state index in [2.05, 4.69) is 31.2 Å². The van der Waals surface area contributed by atoms with E-state index in [0.29, 0.717) is 11.6 Å². The molecule has 0 spiro atoms. The predicted octanol–water partition coefficient (Wildman–Crippen LogP) is 2.66. The molecule has 3 heteroatoms. The van der Waals surface area contributed by atoms with Crippen LogP contribution in [0.4, 0.5) is 0 Å². The molecule has 0 amide bonds. The Hall–Kier alpha value is -0.120. The van der Waals surface area contributed by atoms with E-state index >= 15 is 0 Å². The van der Waals surface area contributed by atoms with E-state index in [1.165, 1.54) is 44.9 Å². The van der Waals surface area contributed by atoms with Gasteiger partial charge in [-0.15, -0.1) is 0 Å². The average molecular weight is 268 g/mol. The zero-order valence-electron chi connectivity index (χ0n) is 13.1. The van der Waals surface area contributed by atoms with E-state index in [4.69, 9.17) is 4.74 Å². The van der Waals surface area contributed by atoms with Gasteiger partial charge in [0.15, 0.2) is 0 Å². The highest BCUT2D eigenvalue weighted by molar-refractivity contribution is 4.94. The van der Waals surface area contributed by atoms with Crippen molar-refractivity contribution in [2.24, 2.45) is 5.92 Å². The summed E-state index contributed by atoms with van der Waals surface area (Å²) in [6.07, 6.45) is 9.72. The maximum atomic E-state index is 5.81. The summed E-state index contributed by atoms with van der Waals surface area (Å²) in [6.45, 7) is 5.51. The van der Waals surface area contributed by atoms with Crippen LogP contribution in [0.1, 0.15) is 51.9 Å². The largest absolute Gasteiger partial charge is 0.377 e. The van der Waals surface area contributed by atoms with Gasteiger partial charge in [-0.1, -0.05) is 19.8 Å². The molecule has 1 heterocycles. The maximum Gasteiger partial charge on any atom is 0.0699 e. The molecule has 112 valence electrons. The minimum Gasteiger partial charge on any atom is -0.377 e. The standard InChI is InChI=1S/C16H32N2O/c1-14-7-6-9-16(11-14,18(2)3)13-17-12-15-8-4-5-10-19-15/h14-15,17H,4-13H2,1-3H3. The van der Waals surface area contributed by atoms with Gasteiger partial charge >= 0.3 is 0 Å². The molecule has 1 aliphatic heterocycles. The minimum absolute atomic E-state index is 0.367. The Labute approximate surface area is 119 Å². The van der Waals surface area contributed by atoms with Crippen LogP contribution >= 0.6 is 0 Å². The first kappa shape index (κ1) is 15.3. The van der Waals surface area contributed by atoms with E-state index in [1.54, 1.807) is 0 Å². The van der Waals surface area contributed by atoms with Crippen molar-refractivity contribution in [1.82, 2.24) is 10.2 Å². The van der Waals surface area contributed by atoms with Crippen LogP contribution in [-0.2, 0) is 4.74 Å². The van der Waals surface area contributed by atoms with E-state index in [9.17, 15) is 0 Å². The molecule has 0 aromatic heterocycles. The third kappa shape index (κ3) is 4.17. The molecular formula is C16H32N2O. The number of hydrogen-bond donors (Lipinski definition) is 1. The first-order valence-electron chi connectivity index (χ1n) is 8.12. The van der Waals surface area contributed by atoms with Crippen LogP contribution in [0.2, 0.25) is 0 Å². The first-order chi connectivity index (χ1) is 9.12. The smallest absolute Gasteiger partial charge is 0.0699 e. The van der Waals surface area contributed by atoms with Crippen LogP contribution in [0.3, 0.4) is 0 Å². The molecule has 1 N–H and O–H groups in total. The molecule has 3 nitrogen and oxygen atoms in total. The summed E-state index contributed by atoms with van der Waals surface area (Å²) in [7, 11) is 4.49. The molecule has 0 aromatic rings. The lowest BCUT2D eigenvalue weighted by molar-refractivity contribution is 0.0115. The van der Waals surface area contributed by atoms with E-state index < -0.39 is 0 Å². The van der Waals surface area contributed by atoms with Gasteiger partial charge in [0.2, 0.25) is 0 Å². The molecule has 19 heavy (non-hydrogen) atoms. The first-order valence-corrected chi connectivity index (χ1v) is 8.12. The zero-order valence-corrected chi connectivity index (χ0v) is 13.1. The summed E-state index contributed by atoms with van der Waals surface area (Å²) in [5.74, 6) is 0.865. The third-order valence-corrected chi connectivity index (χ3v) is 5.12. The van der Waals surface area contributed by atoms with Gasteiger partial charge in [-0.3, -0.25) is 0 Å². The van der Waals surface area contributed by atoms with Gasteiger partial charge in [-0.2, -0.15) is 0 Å². The lowest BCUT2D eigenvalue weighted by Crippen LogP contribution is -2.55. The summed E-state index contributed by atoms with van der Waals surface area (Å²) in [5, 5.41) is 3.70. The highest BCUT2D eigenvalue weighted by atomic mass is 16.5. The van der Waals surface area contributed by atoms with Crippen molar-refractivity contribution < 1.29 is 4.74 Å². The number of hydrogen-bond acceptors (Lipinski definition) is 3. The summed E-state index contributed by atoms with van der Waals surface area (Å²) in [6, 6.07) is 0. The molecule has 2 fully saturated rings. The molecule has 3 atom stereocenters. The lowest BCUT2D eigenvalue weighted by Gasteiger charge is -2.45. The van der Waals surface area contributed by atoms with Crippen molar-refractivity contribution in [3.63, 3.8) is 0 Å². The highest BCUT2D eigenvalue weighted by Crippen LogP contribution is 2.35. The fourth-order valence-corrected chi connectivity index (χ4v) is 3.79. The van der Waals surface area contributed by atoms with Crippen molar-refractivity contribution >= 4 is 0 Å². The molecule has 0 radical (unpaired) electrons. The Bertz CT molecular complexity index is 263. The molecule has 2 aliphatic rings. The summed E-state index contributed by atoms with van der Waals surface area (Å²) in [4.78, 5) is 2.46. The zero-order chi connectivity index (χ0) is 13.7. The van der Waals surface area contributed by atoms with Crippen molar-refractivity contribution in [2.45, 2.75) is 63.5 Å². The molecule has 0 bridgehead atoms. The van der Waals surface area contributed by atoms with Gasteiger partial charge in [0.1, 0.15) is 0 Å². The molecule has 1 aliphatic carbocycles. The fourth-order valence-electron chi connectivity index (χ4n) is 3.79. The Morgan fingerprint density at radius 2 is 2.05 bits per heavy atom. The molecule has 1 saturated carbocycles. The van der Waals surface area contributed by atoms with Crippen LogP contribution in [0.25, 0.3) is 0 Å². The average Bonchev–Trinajstić information content (AvgIpc) is 2.40. The molecule has 3 unspecified atom stereocenters. The number of ether oxygens (including phenoxy) is 1. The molecule has 0 aromatic carbocycles. The number of nitrogens with zero attached hydrogens (tertiary/aromatic N) is 1. The highest BCUT2D eigenvalue weighted by Gasteiger charge is 2.36. The SMILES string of the molecule is CC1CCCC(CNCC2CCCCO2)(N(C)C)C1. The fraction of sp³-hybridized carbons (Fsp3) is 1.00. The minimum atomic E-state index is 0.367. The van der Waals surface area contributed by atoms with Crippen LogP contribution in [0, 0.1) is 5.92 Å². The summed E-state index contributed by atoms with van der Waals surface area (Å²) < 4.78 is 5.81. The third-order valence-electron chi connectivity index (χ3n) is 5.12. The van der Waals surface area contributed by atoms with Crippen LogP contribution in [0.5, 0.6) is 0 Å². The van der Waals surface area contributed by atoms with Gasteiger partial charge < -0.3 is 15.0 Å². The maximum absolute atomic E-state index is 5.81. The van der Waals surface area contributed by atoms with Crippen molar-refractivity contribution in [3.05, 3.63) is 0 Å². The topological polar surface area (TPSA) is 24.5 Å². The van der Waals surface area contributed by atoms with E-state index in [1.807, 2.05) is 0 Å². The Kier molecular flexibility index (Phi) is 5.67. The summed E-state index contributed by atoms with van der Waals surface area (Å²) >= 11 is 0. The van der Waals surface area contributed by atoms with Gasteiger partial charge in [0, 0.05) is 25.2 Å². The van der Waals surface area contributed by atoms with Crippen LogP contribution in [0.15, 0.2) is 0 Å². The van der Waals surface area contributed by atoms with E-state index in [0.717, 1.165) is 25.6 Å². The van der Waals surface area contributed by atoms with Gasteiger partial charge in [0.25, 0.3) is 0 Å². The second kappa shape index (κ2) is 7.05. The van der Waals surface area contributed by atoms with Gasteiger partial charge in [0.05, 0.1) is 6.10 Å². The van der Waals surface area contributed by atoms with Crippen LogP contribution in [-0.4, -0.2) is 50.3 Å². The van der Waals surface area contributed by atoms with E-state index in [-0.39, 0.29) is 0 Å². The second-order valence-electron chi connectivity index (χ2n) is 6.94. The molecule has 1 saturated heterocycles. The Morgan fingerprint density at radius 3 is 2.68 bits per heavy atom. The van der Waals surface area contributed by atoms with Crippen molar-refractivity contribution in [3.8, 4) is 0 Å². The number of likely N-dealkylation sites (N-methyl/N-ethyl adjacent to an activating group) is 1. The predicted molar refractivity (Wildman–Crippen MR) is 80.5 cm³/mol. The second-order valence-corrected chi connectivity index (χ2v) is 6.94. The van der Waals surface area contributed by atoms with Crippen LogP contribution < -0.4 is 5.32 Å². The Balaban J connectivity index is 1.79. The lowest BCUT2D eigenvalue weighted by atomic mass is 9.75. The monoisotopic (exact) mass is 268 g/mol. The number of nitrogens with one attached hydrogen (secondary N) is 1. The normalized spacial score (nSPS) is 36.6. The Morgan fingerprint density at radius 1 is 1.21 bits per heavy atom. The molecular weight excluding hydrogens is 236 g/mol. The summed E-state index contributed by atoms with van der Waals surface area (Å²) in [5.41, 5.74) is 0.367. The van der Waals surface area contributed by atoms with Crippen molar-refractivity contribution in [1.29, 1.82) is 0 Å². The number of rotatable bonds is 5.